The first-order chi connectivity index (χ1) is 17.5. The summed E-state index contributed by atoms with van der Waals surface area (Å²) in [5, 5.41) is 13.8. The number of rotatable bonds is 6. The van der Waals surface area contributed by atoms with E-state index in [0.29, 0.717) is 59.6 Å². The van der Waals surface area contributed by atoms with Gasteiger partial charge in [-0.05, 0) is 61.1 Å². The van der Waals surface area contributed by atoms with Crippen LogP contribution in [0.1, 0.15) is 69.3 Å². The Morgan fingerprint density at radius 3 is 2.68 bits per heavy atom. The first kappa shape index (κ1) is 25.6. The lowest BCUT2D eigenvalue weighted by Gasteiger charge is -2.37. The molecule has 1 aromatic heterocycles. The van der Waals surface area contributed by atoms with Gasteiger partial charge in [0.25, 0.3) is 5.91 Å². The summed E-state index contributed by atoms with van der Waals surface area (Å²) in [6, 6.07) is 5.89. The van der Waals surface area contributed by atoms with Gasteiger partial charge in [-0.3, -0.25) is 14.4 Å². The standard InChI is InChI=1S/C28H33ClN4O4/c1-27(2)11-16(22(34)13-27)9-17(14-30)31-25(35)21-12-28(7-4-8-28)15-33(21)26(36)20-10-18-23(37-3)6-5-19(29)24(18)32-20/h5-6,10,16-17,21,32H,4,7-9,11-13,15H2,1-3H3,(H,31,35)/t16-,17+,21?/m1/s1. The van der Waals surface area contributed by atoms with Crippen molar-refractivity contribution in [3.8, 4) is 11.8 Å². The van der Waals surface area contributed by atoms with E-state index >= 15 is 0 Å². The summed E-state index contributed by atoms with van der Waals surface area (Å²) < 4.78 is 5.43. The van der Waals surface area contributed by atoms with E-state index in [1.807, 2.05) is 0 Å². The molecule has 2 heterocycles. The molecule has 2 N–H and O–H groups in total. The molecule has 2 amide bonds. The molecule has 2 aromatic rings. The van der Waals surface area contributed by atoms with Crippen LogP contribution in [0, 0.1) is 28.1 Å². The lowest BCUT2D eigenvalue weighted by molar-refractivity contribution is -0.126. The fraction of sp³-hybridized carbons (Fsp3) is 0.571. The van der Waals surface area contributed by atoms with Gasteiger partial charge in [0.15, 0.2) is 0 Å². The molecular weight excluding hydrogens is 492 g/mol. The minimum absolute atomic E-state index is 0.0629. The van der Waals surface area contributed by atoms with E-state index in [1.165, 1.54) is 0 Å². The second-order valence-corrected chi connectivity index (χ2v) is 12.3. The molecule has 3 fully saturated rings. The Hall–Kier alpha value is -3.05. The van der Waals surface area contributed by atoms with Crippen LogP contribution >= 0.6 is 11.6 Å². The van der Waals surface area contributed by atoms with Crippen molar-refractivity contribution < 1.29 is 19.1 Å². The monoisotopic (exact) mass is 524 g/mol. The Morgan fingerprint density at radius 2 is 2.08 bits per heavy atom. The Bertz CT molecular complexity index is 1310. The summed E-state index contributed by atoms with van der Waals surface area (Å²) in [4.78, 5) is 44.5. The number of ether oxygens (including phenoxy) is 1. The van der Waals surface area contributed by atoms with Gasteiger partial charge in [0.05, 0.1) is 23.7 Å². The number of nitrogens with one attached hydrogen (secondary N) is 2. The second kappa shape index (κ2) is 9.36. The molecule has 0 radical (unpaired) electrons. The highest BCUT2D eigenvalue weighted by Gasteiger charge is 2.52. The van der Waals surface area contributed by atoms with Gasteiger partial charge in [0.1, 0.15) is 29.3 Å². The molecule has 2 saturated carbocycles. The van der Waals surface area contributed by atoms with Gasteiger partial charge < -0.3 is 19.9 Å². The van der Waals surface area contributed by atoms with Crippen molar-refractivity contribution in [2.75, 3.05) is 13.7 Å². The number of aromatic amines is 1. The van der Waals surface area contributed by atoms with Crippen molar-refractivity contribution in [2.24, 2.45) is 16.7 Å². The fourth-order valence-electron chi connectivity index (χ4n) is 6.53. The summed E-state index contributed by atoms with van der Waals surface area (Å²) in [5.41, 5.74) is 0.803. The van der Waals surface area contributed by atoms with Crippen molar-refractivity contribution in [3.63, 3.8) is 0 Å². The molecule has 1 aliphatic heterocycles. The first-order valence-electron chi connectivity index (χ1n) is 12.9. The van der Waals surface area contributed by atoms with Crippen LogP contribution in [0.3, 0.4) is 0 Å². The number of H-pyrrole nitrogens is 1. The van der Waals surface area contributed by atoms with Crippen LogP contribution in [0.4, 0.5) is 0 Å². The second-order valence-electron chi connectivity index (χ2n) is 11.9. The maximum absolute atomic E-state index is 13.7. The van der Waals surface area contributed by atoms with E-state index < -0.39 is 12.1 Å². The molecule has 1 spiro atoms. The zero-order valence-corrected chi connectivity index (χ0v) is 22.3. The molecule has 1 saturated heterocycles. The Labute approximate surface area is 221 Å². The van der Waals surface area contributed by atoms with Crippen molar-refractivity contribution >= 4 is 40.1 Å². The van der Waals surface area contributed by atoms with Crippen molar-refractivity contribution in [1.82, 2.24) is 15.2 Å². The van der Waals surface area contributed by atoms with Gasteiger partial charge in [-0.15, -0.1) is 0 Å². The van der Waals surface area contributed by atoms with Crippen LogP contribution < -0.4 is 10.1 Å². The number of aromatic nitrogens is 1. The Balaban J connectivity index is 1.36. The van der Waals surface area contributed by atoms with E-state index in [1.54, 1.807) is 30.2 Å². The number of halogens is 1. The Morgan fingerprint density at radius 1 is 1.32 bits per heavy atom. The molecule has 5 rings (SSSR count). The van der Waals surface area contributed by atoms with Crippen molar-refractivity contribution in [1.29, 1.82) is 5.26 Å². The molecule has 37 heavy (non-hydrogen) atoms. The molecule has 196 valence electrons. The smallest absolute Gasteiger partial charge is 0.271 e. The number of amides is 2. The molecule has 9 heteroatoms. The molecular formula is C28H33ClN4O4. The van der Waals surface area contributed by atoms with Gasteiger partial charge in [-0.2, -0.15) is 5.26 Å². The number of likely N-dealkylation sites (tertiary alicyclic amines) is 1. The van der Waals surface area contributed by atoms with Crippen molar-refractivity contribution in [2.45, 2.75) is 70.9 Å². The van der Waals surface area contributed by atoms with E-state index in [9.17, 15) is 19.6 Å². The average Bonchev–Trinajstić information content (AvgIpc) is 3.52. The largest absolute Gasteiger partial charge is 0.496 e. The maximum Gasteiger partial charge on any atom is 0.271 e. The highest BCUT2D eigenvalue weighted by atomic mass is 35.5. The third-order valence-corrected chi connectivity index (χ3v) is 8.85. The number of nitriles is 1. The molecule has 1 unspecified atom stereocenters. The molecule has 3 atom stereocenters. The quantitative estimate of drug-likeness (QED) is 0.572. The van der Waals surface area contributed by atoms with E-state index in [-0.39, 0.29) is 34.3 Å². The number of hydrogen-bond acceptors (Lipinski definition) is 5. The summed E-state index contributed by atoms with van der Waals surface area (Å²) in [6.07, 6.45) is 5.11. The van der Waals surface area contributed by atoms with Gasteiger partial charge in [0, 0.05) is 24.3 Å². The van der Waals surface area contributed by atoms with Crippen molar-refractivity contribution in [3.05, 3.63) is 28.9 Å². The fourth-order valence-corrected chi connectivity index (χ4v) is 6.74. The SMILES string of the molecule is COc1ccc(Cl)c2[nH]c(C(=O)N3CC4(CCC4)CC3C(=O)N[C@H](C#N)C[C@@H]3CC(C)(C)CC3=O)cc12. The van der Waals surface area contributed by atoms with Gasteiger partial charge in [-0.25, -0.2) is 0 Å². The van der Waals surface area contributed by atoms with Crippen LogP contribution in [-0.4, -0.2) is 53.2 Å². The number of carbonyl (C=O) groups excluding carboxylic acids is 3. The lowest BCUT2D eigenvalue weighted by Crippen LogP contribution is -2.49. The molecule has 0 bridgehead atoms. The van der Waals surface area contributed by atoms with Crippen LogP contribution in [0.5, 0.6) is 5.75 Å². The summed E-state index contributed by atoms with van der Waals surface area (Å²) in [5.74, 6) is -0.0919. The lowest BCUT2D eigenvalue weighted by atomic mass is 9.67. The van der Waals surface area contributed by atoms with E-state index in [0.717, 1.165) is 19.3 Å². The van der Waals surface area contributed by atoms with Crippen LogP contribution in [0.2, 0.25) is 5.02 Å². The third-order valence-electron chi connectivity index (χ3n) is 8.54. The molecule has 1 aromatic carbocycles. The number of fused-ring (bicyclic) bond motifs is 1. The van der Waals surface area contributed by atoms with Gasteiger partial charge in [-0.1, -0.05) is 31.9 Å². The summed E-state index contributed by atoms with van der Waals surface area (Å²) in [7, 11) is 1.56. The number of hydrogen-bond donors (Lipinski definition) is 2. The minimum Gasteiger partial charge on any atom is -0.496 e. The number of carbonyl (C=O) groups is 3. The van der Waals surface area contributed by atoms with Crippen LogP contribution in [0.15, 0.2) is 18.2 Å². The molecule has 8 nitrogen and oxygen atoms in total. The first-order valence-corrected chi connectivity index (χ1v) is 13.3. The minimum atomic E-state index is -0.776. The van der Waals surface area contributed by atoms with E-state index in [2.05, 4.69) is 30.2 Å². The summed E-state index contributed by atoms with van der Waals surface area (Å²) in [6.45, 7) is 4.60. The zero-order chi connectivity index (χ0) is 26.5. The van der Waals surface area contributed by atoms with Gasteiger partial charge >= 0.3 is 0 Å². The highest BCUT2D eigenvalue weighted by molar-refractivity contribution is 6.35. The highest BCUT2D eigenvalue weighted by Crippen LogP contribution is 2.51. The molecule has 3 aliphatic rings. The molecule has 2 aliphatic carbocycles. The predicted octanol–water partition coefficient (Wildman–Crippen LogP) is 4.62. The van der Waals surface area contributed by atoms with Crippen LogP contribution in [0.25, 0.3) is 10.9 Å². The predicted molar refractivity (Wildman–Crippen MR) is 139 cm³/mol. The number of methoxy groups -OCH3 is 1. The zero-order valence-electron chi connectivity index (χ0n) is 21.5. The third kappa shape index (κ3) is 4.70. The van der Waals surface area contributed by atoms with Crippen LogP contribution in [-0.2, 0) is 9.59 Å². The number of Topliss-reactive ketones (excluding diaryl/α,β-unsaturated/α-hetero) is 1. The van der Waals surface area contributed by atoms with Gasteiger partial charge in [0.2, 0.25) is 5.91 Å². The maximum atomic E-state index is 13.7. The Kier molecular flexibility index (Phi) is 6.47. The number of ketones is 1. The number of benzene rings is 1. The number of nitrogens with zero attached hydrogens (tertiary/aromatic N) is 2. The van der Waals surface area contributed by atoms with E-state index in [4.69, 9.17) is 16.3 Å². The topological polar surface area (TPSA) is 115 Å². The average molecular weight is 525 g/mol. The summed E-state index contributed by atoms with van der Waals surface area (Å²) >= 11 is 6.36. The normalized spacial score (nSPS) is 24.6.